The van der Waals surface area contributed by atoms with Gasteiger partial charge < -0.3 is 15.1 Å². The van der Waals surface area contributed by atoms with Crippen LogP contribution in [0.3, 0.4) is 0 Å². The Bertz CT molecular complexity index is 692. The number of urea groups is 1. The second kappa shape index (κ2) is 6.76. The van der Waals surface area contributed by atoms with Gasteiger partial charge in [-0.05, 0) is 18.9 Å². The molecule has 0 radical (unpaired) electrons. The first kappa shape index (κ1) is 15.4. The minimum Gasteiger partial charge on any atom is -0.472 e. The average Bonchev–Trinajstić information content (AvgIpc) is 3.30. The van der Waals surface area contributed by atoms with Crippen molar-refractivity contribution < 1.29 is 9.21 Å². The quantitative estimate of drug-likeness (QED) is 0.601. The van der Waals surface area contributed by atoms with Gasteiger partial charge >= 0.3 is 6.03 Å². The van der Waals surface area contributed by atoms with Crippen molar-refractivity contribution in [3.05, 3.63) is 24.4 Å². The van der Waals surface area contributed by atoms with E-state index in [2.05, 4.69) is 31.0 Å². The Hall–Kier alpha value is -2.16. The molecule has 2 amide bonds. The van der Waals surface area contributed by atoms with Gasteiger partial charge in [-0.15, -0.1) is 20.4 Å². The maximum absolute atomic E-state index is 11.4. The van der Waals surface area contributed by atoms with Gasteiger partial charge in [0, 0.05) is 17.4 Å². The third-order valence-electron chi connectivity index (χ3n) is 4.38. The fourth-order valence-electron chi connectivity index (χ4n) is 3.13. The molecule has 2 N–H and O–H groups in total. The van der Waals surface area contributed by atoms with E-state index in [4.69, 9.17) is 4.42 Å². The summed E-state index contributed by atoms with van der Waals surface area (Å²) in [6.07, 6.45) is 7.05. The number of carbonyl (C=O) groups is 1. The van der Waals surface area contributed by atoms with Gasteiger partial charge in [0.15, 0.2) is 5.82 Å². The lowest BCUT2D eigenvalue weighted by Gasteiger charge is -2.16. The summed E-state index contributed by atoms with van der Waals surface area (Å²) < 4.78 is 5.00. The minimum absolute atomic E-state index is 0.0291. The molecular formula is C15H18N6O2S. The van der Waals surface area contributed by atoms with E-state index in [-0.39, 0.29) is 12.1 Å². The van der Waals surface area contributed by atoms with E-state index in [1.54, 1.807) is 18.6 Å². The van der Waals surface area contributed by atoms with Gasteiger partial charge in [0.1, 0.15) is 6.26 Å². The normalized spacial score (nSPS) is 25.3. The number of carbonyl (C=O) groups excluding carboxylic acids is 1. The van der Waals surface area contributed by atoms with Gasteiger partial charge in [0.05, 0.1) is 23.9 Å². The first-order chi connectivity index (χ1) is 11.8. The molecule has 24 heavy (non-hydrogen) atoms. The Labute approximate surface area is 143 Å². The summed E-state index contributed by atoms with van der Waals surface area (Å²) in [6.45, 7) is 0. The fraction of sp³-hybridized carbons (Fsp3) is 0.533. The van der Waals surface area contributed by atoms with Crippen LogP contribution in [0.1, 0.15) is 25.1 Å². The van der Waals surface area contributed by atoms with E-state index in [0.29, 0.717) is 22.9 Å². The topological polar surface area (TPSA) is 106 Å². The van der Waals surface area contributed by atoms with E-state index in [9.17, 15) is 4.79 Å². The summed E-state index contributed by atoms with van der Waals surface area (Å²) in [7, 11) is 0. The highest BCUT2D eigenvalue weighted by molar-refractivity contribution is 8.00. The molecule has 3 atom stereocenters. The SMILES string of the molecule is O=C1N[C@H]2[C@H](CS[C@H]2CCCCc2nnc(-c3ccoc3)nn2)N1. The summed E-state index contributed by atoms with van der Waals surface area (Å²) >= 11 is 1.94. The molecule has 0 spiro atoms. The molecule has 2 aromatic rings. The largest absolute Gasteiger partial charge is 0.472 e. The van der Waals surface area contributed by atoms with Gasteiger partial charge in [-0.2, -0.15) is 11.8 Å². The lowest BCUT2D eigenvalue weighted by Crippen LogP contribution is -2.36. The van der Waals surface area contributed by atoms with E-state index >= 15 is 0 Å². The Morgan fingerprint density at radius 1 is 1.21 bits per heavy atom. The minimum atomic E-state index is -0.0291. The van der Waals surface area contributed by atoms with Crippen LogP contribution in [-0.2, 0) is 6.42 Å². The van der Waals surface area contributed by atoms with Crippen LogP contribution in [-0.4, -0.2) is 49.5 Å². The molecule has 4 heterocycles. The number of unbranched alkanes of at least 4 members (excludes halogenated alkanes) is 1. The lowest BCUT2D eigenvalue weighted by molar-refractivity contribution is 0.247. The first-order valence-corrected chi connectivity index (χ1v) is 9.12. The van der Waals surface area contributed by atoms with Crippen LogP contribution in [0, 0.1) is 0 Å². The molecule has 2 aliphatic heterocycles. The number of hydrogen-bond donors (Lipinski definition) is 2. The van der Waals surface area contributed by atoms with Crippen molar-refractivity contribution in [2.75, 3.05) is 5.75 Å². The molecule has 0 unspecified atom stereocenters. The monoisotopic (exact) mass is 346 g/mol. The van der Waals surface area contributed by atoms with Crippen molar-refractivity contribution in [3.8, 4) is 11.4 Å². The van der Waals surface area contributed by atoms with Crippen molar-refractivity contribution in [1.82, 2.24) is 31.0 Å². The van der Waals surface area contributed by atoms with E-state index in [1.807, 2.05) is 11.8 Å². The van der Waals surface area contributed by atoms with E-state index in [0.717, 1.165) is 37.0 Å². The smallest absolute Gasteiger partial charge is 0.315 e. The first-order valence-electron chi connectivity index (χ1n) is 8.07. The summed E-state index contributed by atoms with van der Waals surface area (Å²) in [5.41, 5.74) is 0.779. The van der Waals surface area contributed by atoms with Crippen LogP contribution in [0.15, 0.2) is 23.0 Å². The van der Waals surface area contributed by atoms with Crippen LogP contribution >= 0.6 is 11.8 Å². The molecule has 126 valence electrons. The predicted molar refractivity (Wildman–Crippen MR) is 88.4 cm³/mol. The predicted octanol–water partition coefficient (Wildman–Crippen LogP) is 1.40. The molecule has 2 aliphatic rings. The number of nitrogens with zero attached hydrogens (tertiary/aromatic N) is 4. The van der Waals surface area contributed by atoms with Crippen molar-refractivity contribution in [1.29, 1.82) is 0 Å². The maximum Gasteiger partial charge on any atom is 0.315 e. The van der Waals surface area contributed by atoms with E-state index in [1.165, 1.54) is 0 Å². The van der Waals surface area contributed by atoms with Crippen molar-refractivity contribution in [3.63, 3.8) is 0 Å². The molecule has 4 rings (SSSR count). The summed E-state index contributed by atoms with van der Waals surface area (Å²) in [5.74, 6) is 2.14. The molecule has 0 saturated carbocycles. The number of furan rings is 1. The molecule has 0 aromatic carbocycles. The molecule has 9 heteroatoms. The summed E-state index contributed by atoms with van der Waals surface area (Å²) in [5, 5.41) is 22.9. The number of hydrogen-bond acceptors (Lipinski definition) is 7. The van der Waals surface area contributed by atoms with Gasteiger partial charge in [0.25, 0.3) is 0 Å². The fourth-order valence-corrected chi connectivity index (χ4v) is 4.67. The second-order valence-corrected chi connectivity index (χ2v) is 7.29. The third kappa shape index (κ3) is 3.21. The average molecular weight is 346 g/mol. The number of aryl methyl sites for hydroxylation is 1. The molecule has 8 nitrogen and oxygen atoms in total. The van der Waals surface area contributed by atoms with Crippen molar-refractivity contribution in [2.24, 2.45) is 0 Å². The number of rotatable bonds is 6. The lowest BCUT2D eigenvalue weighted by atomic mass is 10.0. The third-order valence-corrected chi connectivity index (χ3v) is 5.89. The molecule has 2 aromatic heterocycles. The number of amides is 2. The van der Waals surface area contributed by atoms with Gasteiger partial charge in [-0.1, -0.05) is 6.42 Å². The van der Waals surface area contributed by atoms with E-state index < -0.39 is 0 Å². The number of aromatic nitrogens is 4. The standard InChI is InChI=1S/C15H18N6O2S/c22-15-16-10-8-24-11(13(10)17-15)3-1-2-4-12-18-20-14(21-19-12)9-5-6-23-7-9/h5-7,10-11,13H,1-4,8H2,(H2,16,17,22)/t10-,11-,13-/m0/s1. The Balaban J connectivity index is 1.22. The molecule has 2 saturated heterocycles. The zero-order chi connectivity index (χ0) is 16.4. The van der Waals surface area contributed by atoms with Crippen LogP contribution in [0.5, 0.6) is 0 Å². The van der Waals surface area contributed by atoms with Gasteiger partial charge in [-0.25, -0.2) is 4.79 Å². The Kier molecular flexibility index (Phi) is 4.33. The highest BCUT2D eigenvalue weighted by Gasteiger charge is 2.42. The zero-order valence-corrected chi connectivity index (χ0v) is 13.8. The van der Waals surface area contributed by atoms with Crippen molar-refractivity contribution >= 4 is 17.8 Å². The second-order valence-electron chi connectivity index (χ2n) is 6.02. The summed E-state index contributed by atoms with van der Waals surface area (Å²) in [4.78, 5) is 11.4. The highest BCUT2D eigenvalue weighted by Crippen LogP contribution is 2.33. The Morgan fingerprint density at radius 2 is 2.08 bits per heavy atom. The Morgan fingerprint density at radius 3 is 2.88 bits per heavy atom. The van der Waals surface area contributed by atoms with Crippen LogP contribution in [0.4, 0.5) is 4.79 Å². The van der Waals surface area contributed by atoms with Gasteiger partial charge in [0.2, 0.25) is 5.82 Å². The molecule has 2 fully saturated rings. The van der Waals surface area contributed by atoms with Gasteiger partial charge in [-0.3, -0.25) is 0 Å². The van der Waals surface area contributed by atoms with Crippen LogP contribution < -0.4 is 10.6 Å². The van der Waals surface area contributed by atoms with Crippen molar-refractivity contribution in [2.45, 2.75) is 43.0 Å². The zero-order valence-electron chi connectivity index (χ0n) is 13.0. The number of fused-ring (bicyclic) bond motifs is 1. The molecule has 0 aliphatic carbocycles. The molecule has 0 bridgehead atoms. The summed E-state index contributed by atoms with van der Waals surface area (Å²) in [6, 6.07) is 2.32. The number of nitrogens with one attached hydrogen (secondary N) is 2. The van der Waals surface area contributed by atoms with Crippen LogP contribution in [0.25, 0.3) is 11.4 Å². The van der Waals surface area contributed by atoms with Crippen LogP contribution in [0.2, 0.25) is 0 Å². The molecular weight excluding hydrogens is 328 g/mol. The number of thioether (sulfide) groups is 1. The highest BCUT2D eigenvalue weighted by atomic mass is 32.2. The maximum atomic E-state index is 11.4.